The van der Waals surface area contributed by atoms with Gasteiger partial charge in [-0.1, -0.05) is 0 Å². The first-order valence-electron chi connectivity index (χ1n) is 3.61. The molecule has 2 heteroatoms. The van der Waals surface area contributed by atoms with Crippen LogP contribution < -0.4 is 0 Å². The molecule has 9 heavy (non-hydrogen) atoms. The molecule has 0 aromatic heterocycles. The van der Waals surface area contributed by atoms with E-state index in [-0.39, 0.29) is 11.5 Å². The maximum absolute atomic E-state index is 9.36. The Morgan fingerprint density at radius 1 is 1.22 bits per heavy atom. The third kappa shape index (κ3) is 0.714. The lowest BCUT2D eigenvalue weighted by atomic mass is 9.97. The van der Waals surface area contributed by atoms with Gasteiger partial charge in [0.2, 0.25) is 0 Å². The minimum Gasteiger partial charge on any atom is -0.391 e. The van der Waals surface area contributed by atoms with E-state index in [1.165, 1.54) is 19.3 Å². The lowest BCUT2D eigenvalue weighted by Gasteiger charge is -2.20. The normalized spacial score (nSPS) is 56.7. The van der Waals surface area contributed by atoms with E-state index in [0.29, 0.717) is 11.8 Å². The van der Waals surface area contributed by atoms with Crippen LogP contribution in [0.2, 0.25) is 0 Å². The summed E-state index contributed by atoms with van der Waals surface area (Å²) in [6, 6.07) is 0. The highest BCUT2D eigenvalue weighted by Crippen LogP contribution is 2.46. The Balaban J connectivity index is 2.15. The smallest absolute Gasteiger partial charge is 0.0734 e. The van der Waals surface area contributed by atoms with E-state index < -0.39 is 0 Å². The molecule has 0 aromatic rings. The molecule has 4 unspecified atom stereocenters. The predicted molar refractivity (Wildman–Crippen MR) is 36.5 cm³/mol. The Kier molecular flexibility index (Phi) is 1.24. The van der Waals surface area contributed by atoms with Gasteiger partial charge >= 0.3 is 0 Å². The molecule has 2 saturated carbocycles. The van der Waals surface area contributed by atoms with Crippen LogP contribution in [-0.4, -0.2) is 16.6 Å². The largest absolute Gasteiger partial charge is 0.391 e. The molecule has 2 fully saturated rings. The maximum Gasteiger partial charge on any atom is 0.0734 e. The number of alkyl halides is 1. The standard InChI is InChI=1S/C7H11ClO/c8-6-4-1-2-5(3-4)7(6)9/h4-7,9H,1-3H2. The second-order valence-electron chi connectivity index (χ2n) is 3.27. The number of aliphatic hydroxyl groups excluding tert-OH is 1. The molecular weight excluding hydrogens is 136 g/mol. The summed E-state index contributed by atoms with van der Waals surface area (Å²) in [5.41, 5.74) is 0. The summed E-state index contributed by atoms with van der Waals surface area (Å²) in [5, 5.41) is 9.43. The molecule has 0 amide bonds. The van der Waals surface area contributed by atoms with Crippen molar-refractivity contribution in [3.8, 4) is 0 Å². The summed E-state index contributed by atoms with van der Waals surface area (Å²) < 4.78 is 0. The second-order valence-corrected chi connectivity index (χ2v) is 3.77. The predicted octanol–water partition coefficient (Wildman–Crippen LogP) is 1.38. The van der Waals surface area contributed by atoms with E-state index in [9.17, 15) is 5.11 Å². The number of aliphatic hydroxyl groups is 1. The van der Waals surface area contributed by atoms with E-state index >= 15 is 0 Å². The molecule has 2 aliphatic carbocycles. The topological polar surface area (TPSA) is 20.2 Å². The van der Waals surface area contributed by atoms with Crippen LogP contribution >= 0.6 is 11.6 Å². The zero-order chi connectivity index (χ0) is 6.43. The Bertz CT molecular complexity index is 108. The van der Waals surface area contributed by atoms with Crippen molar-refractivity contribution in [2.24, 2.45) is 11.8 Å². The van der Waals surface area contributed by atoms with Gasteiger partial charge < -0.3 is 5.11 Å². The van der Waals surface area contributed by atoms with Crippen LogP contribution in [0.25, 0.3) is 0 Å². The molecule has 4 atom stereocenters. The molecule has 2 rings (SSSR count). The van der Waals surface area contributed by atoms with Gasteiger partial charge in [0.25, 0.3) is 0 Å². The average molecular weight is 147 g/mol. The monoisotopic (exact) mass is 146 g/mol. The van der Waals surface area contributed by atoms with Crippen molar-refractivity contribution < 1.29 is 5.11 Å². The molecule has 52 valence electrons. The Morgan fingerprint density at radius 2 is 1.89 bits per heavy atom. The zero-order valence-electron chi connectivity index (χ0n) is 5.26. The first-order chi connectivity index (χ1) is 4.29. The first kappa shape index (κ1) is 5.99. The quantitative estimate of drug-likeness (QED) is 0.512. The summed E-state index contributed by atoms with van der Waals surface area (Å²) in [7, 11) is 0. The van der Waals surface area contributed by atoms with Crippen LogP contribution in [0.1, 0.15) is 19.3 Å². The fourth-order valence-electron chi connectivity index (χ4n) is 2.19. The molecule has 0 heterocycles. The highest BCUT2D eigenvalue weighted by atomic mass is 35.5. The minimum absolute atomic E-state index is 0.0729. The molecular formula is C7H11ClO. The van der Waals surface area contributed by atoms with Gasteiger partial charge in [-0.2, -0.15) is 0 Å². The molecule has 0 aromatic carbocycles. The molecule has 0 aliphatic heterocycles. The van der Waals surface area contributed by atoms with E-state index in [1.807, 2.05) is 0 Å². The molecule has 0 spiro atoms. The fourth-order valence-corrected chi connectivity index (χ4v) is 2.63. The highest BCUT2D eigenvalue weighted by Gasteiger charge is 2.45. The number of rotatable bonds is 0. The van der Waals surface area contributed by atoms with Crippen LogP contribution in [0.4, 0.5) is 0 Å². The van der Waals surface area contributed by atoms with Gasteiger partial charge in [-0.25, -0.2) is 0 Å². The van der Waals surface area contributed by atoms with E-state index in [2.05, 4.69) is 0 Å². The molecule has 0 radical (unpaired) electrons. The van der Waals surface area contributed by atoms with Crippen LogP contribution in [0.5, 0.6) is 0 Å². The summed E-state index contributed by atoms with van der Waals surface area (Å²) >= 11 is 5.91. The van der Waals surface area contributed by atoms with Gasteiger partial charge in [-0.15, -0.1) is 11.6 Å². The van der Waals surface area contributed by atoms with Gasteiger partial charge in [-0.05, 0) is 31.1 Å². The summed E-state index contributed by atoms with van der Waals surface area (Å²) in [6.07, 6.45) is 3.44. The molecule has 0 saturated heterocycles. The minimum atomic E-state index is -0.189. The van der Waals surface area contributed by atoms with Crippen LogP contribution in [0, 0.1) is 11.8 Å². The average Bonchev–Trinajstić information content (AvgIpc) is 2.37. The van der Waals surface area contributed by atoms with Crippen molar-refractivity contribution in [1.29, 1.82) is 0 Å². The van der Waals surface area contributed by atoms with Crippen molar-refractivity contribution >= 4 is 11.6 Å². The van der Waals surface area contributed by atoms with Gasteiger partial charge in [0, 0.05) is 0 Å². The number of fused-ring (bicyclic) bond motifs is 2. The van der Waals surface area contributed by atoms with Gasteiger partial charge in [-0.3, -0.25) is 0 Å². The zero-order valence-corrected chi connectivity index (χ0v) is 6.01. The SMILES string of the molecule is OC1C2CCC(C2)C1Cl. The summed E-state index contributed by atoms with van der Waals surface area (Å²) in [4.78, 5) is 0. The van der Waals surface area contributed by atoms with Crippen molar-refractivity contribution in [2.75, 3.05) is 0 Å². The van der Waals surface area contributed by atoms with Crippen molar-refractivity contribution in [1.82, 2.24) is 0 Å². The highest BCUT2D eigenvalue weighted by molar-refractivity contribution is 6.21. The lowest BCUT2D eigenvalue weighted by Crippen LogP contribution is -2.27. The number of hydrogen-bond acceptors (Lipinski definition) is 1. The van der Waals surface area contributed by atoms with Crippen molar-refractivity contribution in [3.63, 3.8) is 0 Å². The van der Waals surface area contributed by atoms with Crippen LogP contribution in [0.15, 0.2) is 0 Å². The molecule has 2 bridgehead atoms. The van der Waals surface area contributed by atoms with Crippen LogP contribution in [-0.2, 0) is 0 Å². The number of hydrogen-bond donors (Lipinski definition) is 1. The third-order valence-electron chi connectivity index (χ3n) is 2.77. The van der Waals surface area contributed by atoms with Crippen molar-refractivity contribution in [3.05, 3.63) is 0 Å². The van der Waals surface area contributed by atoms with Gasteiger partial charge in [0.05, 0.1) is 11.5 Å². The van der Waals surface area contributed by atoms with Crippen molar-refractivity contribution in [2.45, 2.75) is 30.7 Å². The second kappa shape index (κ2) is 1.86. The van der Waals surface area contributed by atoms with E-state index in [1.54, 1.807) is 0 Å². The lowest BCUT2D eigenvalue weighted by molar-refractivity contribution is 0.117. The van der Waals surface area contributed by atoms with Gasteiger partial charge in [0.15, 0.2) is 0 Å². The number of halogens is 1. The van der Waals surface area contributed by atoms with E-state index in [0.717, 1.165) is 0 Å². The Morgan fingerprint density at radius 3 is 2.22 bits per heavy atom. The third-order valence-corrected chi connectivity index (χ3v) is 3.39. The Hall–Kier alpha value is 0.250. The first-order valence-corrected chi connectivity index (χ1v) is 4.05. The summed E-state index contributed by atoms with van der Waals surface area (Å²) in [6.45, 7) is 0. The Labute approximate surface area is 60.0 Å². The molecule has 1 nitrogen and oxygen atoms in total. The maximum atomic E-state index is 9.36. The van der Waals surface area contributed by atoms with Crippen LogP contribution in [0.3, 0.4) is 0 Å². The summed E-state index contributed by atoms with van der Waals surface area (Å²) in [5.74, 6) is 1.17. The molecule has 2 aliphatic rings. The molecule has 1 N–H and O–H groups in total. The fraction of sp³-hybridized carbons (Fsp3) is 1.00. The van der Waals surface area contributed by atoms with E-state index in [4.69, 9.17) is 11.6 Å². The van der Waals surface area contributed by atoms with Gasteiger partial charge in [0.1, 0.15) is 0 Å².